The number of ether oxygens (including phenoxy) is 2. The molecule has 0 N–H and O–H groups in total. The lowest BCUT2D eigenvalue weighted by atomic mass is 10.1. The number of halogens is 11. The zero-order valence-electron chi connectivity index (χ0n) is 18.6. The van der Waals surface area contributed by atoms with Crippen LogP contribution in [0.4, 0.5) is 51.1 Å². The van der Waals surface area contributed by atoms with Crippen molar-refractivity contribution in [2.75, 3.05) is 18.6 Å². The number of hydrogen-bond acceptors (Lipinski definition) is 6. The summed E-state index contributed by atoms with van der Waals surface area (Å²) in [4.78, 5) is 28.1. The molecular weight excluding hydrogens is 576 g/mol. The molecule has 18 heteroatoms. The Labute approximate surface area is 211 Å². The lowest BCUT2D eigenvalue weighted by Gasteiger charge is -2.33. The van der Waals surface area contributed by atoms with E-state index in [1.807, 2.05) is 0 Å². The van der Waals surface area contributed by atoms with E-state index in [0.717, 1.165) is 14.2 Å². The molecule has 0 bridgehead atoms. The fourth-order valence-electron chi connectivity index (χ4n) is 2.97. The van der Waals surface area contributed by atoms with Crippen molar-refractivity contribution in [3.8, 4) is 0 Å². The zero-order chi connectivity index (χ0) is 28.7. The molecule has 2 rings (SSSR count). The molecular formula is C19H14Cl2F9N3O4. The molecule has 1 heterocycles. The Bertz CT molecular complexity index is 1240. The van der Waals surface area contributed by atoms with Gasteiger partial charge < -0.3 is 9.47 Å². The normalized spacial score (nSPS) is 13.5. The first-order valence-electron chi connectivity index (χ1n) is 9.57. The van der Waals surface area contributed by atoms with Crippen molar-refractivity contribution in [3.63, 3.8) is 0 Å². The number of esters is 1. The van der Waals surface area contributed by atoms with Crippen molar-refractivity contribution in [3.05, 3.63) is 49.4 Å². The average Bonchev–Trinajstić information content (AvgIpc) is 2.76. The van der Waals surface area contributed by atoms with Crippen LogP contribution in [0.25, 0.3) is 0 Å². The van der Waals surface area contributed by atoms with E-state index in [0.29, 0.717) is 0 Å². The minimum atomic E-state index is -5.50. The maximum Gasteiger partial charge on any atom is 0.435 e. The van der Waals surface area contributed by atoms with Crippen molar-refractivity contribution >= 4 is 40.8 Å². The molecule has 0 aliphatic rings. The van der Waals surface area contributed by atoms with Gasteiger partial charge in [0, 0.05) is 13.7 Å². The summed E-state index contributed by atoms with van der Waals surface area (Å²) in [7, 11) is 1.49. The number of benzene rings is 1. The maximum absolute atomic E-state index is 13.6. The van der Waals surface area contributed by atoms with Gasteiger partial charge in [-0.25, -0.2) is 9.78 Å². The summed E-state index contributed by atoms with van der Waals surface area (Å²) >= 11 is 11.3. The van der Waals surface area contributed by atoms with Crippen LogP contribution in [-0.4, -0.2) is 35.5 Å². The molecule has 1 unspecified atom stereocenters. The number of nitrogens with zero attached hydrogens (tertiary/aromatic N) is 3. The molecule has 1 atom stereocenters. The number of aromatic nitrogens is 2. The van der Waals surface area contributed by atoms with Crippen molar-refractivity contribution in [2.45, 2.75) is 31.7 Å². The Morgan fingerprint density at radius 3 is 2.03 bits per heavy atom. The molecule has 1 aromatic carbocycles. The predicted octanol–water partition coefficient (Wildman–Crippen LogP) is 5.82. The van der Waals surface area contributed by atoms with Crippen LogP contribution in [0, 0.1) is 0 Å². The Balaban J connectivity index is 3.17. The van der Waals surface area contributed by atoms with Crippen LogP contribution in [0.5, 0.6) is 0 Å². The average molecular weight is 590 g/mol. The molecule has 7 nitrogen and oxygen atoms in total. The number of anilines is 2. The number of carbonyl (C=O) groups excluding carboxylic acids is 1. The highest BCUT2D eigenvalue weighted by Gasteiger charge is 2.44. The summed E-state index contributed by atoms with van der Waals surface area (Å²) < 4.78 is 132. The molecule has 0 saturated carbocycles. The zero-order valence-corrected chi connectivity index (χ0v) is 20.1. The van der Waals surface area contributed by atoms with Crippen LogP contribution in [-0.2, 0) is 39.8 Å². The van der Waals surface area contributed by atoms with E-state index < -0.39 is 81.4 Å². The quantitative estimate of drug-likeness (QED) is 0.240. The van der Waals surface area contributed by atoms with Gasteiger partial charge in [0.15, 0.2) is 5.69 Å². The number of alkyl halides is 9. The monoisotopic (exact) mass is 589 g/mol. The number of hydrogen-bond donors (Lipinski definition) is 0. The van der Waals surface area contributed by atoms with Gasteiger partial charge in [-0.15, -0.1) is 0 Å². The highest BCUT2D eigenvalue weighted by atomic mass is 35.5. The summed E-state index contributed by atoms with van der Waals surface area (Å²) in [6, 6.07) is -0.326. The van der Waals surface area contributed by atoms with Gasteiger partial charge in [0.05, 0.1) is 28.9 Å². The second-order valence-corrected chi connectivity index (χ2v) is 7.75. The van der Waals surface area contributed by atoms with Gasteiger partial charge in [0.25, 0.3) is 5.56 Å². The highest BCUT2D eigenvalue weighted by Crippen LogP contribution is 2.46. The minimum Gasteiger partial charge on any atom is -0.466 e. The van der Waals surface area contributed by atoms with E-state index in [-0.39, 0.29) is 21.6 Å². The third-order valence-corrected chi connectivity index (χ3v) is 5.34. The molecule has 0 fully saturated rings. The van der Waals surface area contributed by atoms with E-state index in [2.05, 4.69) is 9.72 Å². The number of carbonyl (C=O) groups is 1. The van der Waals surface area contributed by atoms with Crippen molar-refractivity contribution in [1.29, 1.82) is 0 Å². The van der Waals surface area contributed by atoms with Gasteiger partial charge in [-0.3, -0.25) is 14.3 Å². The van der Waals surface area contributed by atoms with Crippen LogP contribution >= 0.6 is 23.2 Å². The summed E-state index contributed by atoms with van der Waals surface area (Å²) in [5.74, 6) is -2.79. The molecule has 206 valence electrons. The number of methoxy groups -OCH3 is 1. The molecule has 37 heavy (non-hydrogen) atoms. The topological polar surface area (TPSA) is 73.7 Å². The lowest BCUT2D eigenvalue weighted by molar-refractivity contribution is -0.153. The van der Waals surface area contributed by atoms with Gasteiger partial charge in [0.1, 0.15) is 5.02 Å². The van der Waals surface area contributed by atoms with Gasteiger partial charge in [-0.1, -0.05) is 23.2 Å². The van der Waals surface area contributed by atoms with Gasteiger partial charge in [0.2, 0.25) is 12.2 Å². The third-order valence-electron chi connectivity index (χ3n) is 4.60. The van der Waals surface area contributed by atoms with E-state index in [1.165, 1.54) is 6.92 Å². The Hall–Kier alpha value is -2.72. The van der Waals surface area contributed by atoms with E-state index in [1.54, 1.807) is 0 Å². The summed E-state index contributed by atoms with van der Waals surface area (Å²) in [5.41, 5.74) is -8.98. The molecule has 0 radical (unpaired) electrons. The van der Waals surface area contributed by atoms with Crippen molar-refractivity contribution in [1.82, 2.24) is 9.55 Å². The summed E-state index contributed by atoms with van der Waals surface area (Å²) in [6.45, 7) is 0.769. The SMILES string of the molecule is CCOC(C(=O)OC)N(c1cc(C(F)(F)F)cc(C(F)(F)F)c1Cl)c1nc(C(F)(F)F)c(Cl)c(=O)n1C. The van der Waals surface area contributed by atoms with Crippen LogP contribution < -0.4 is 10.5 Å². The Morgan fingerprint density at radius 1 is 1.03 bits per heavy atom. The van der Waals surface area contributed by atoms with Crippen LogP contribution in [0.2, 0.25) is 10.0 Å². The lowest BCUT2D eigenvalue weighted by Crippen LogP contribution is -2.45. The smallest absolute Gasteiger partial charge is 0.435 e. The van der Waals surface area contributed by atoms with Gasteiger partial charge in [-0.05, 0) is 19.1 Å². The molecule has 0 aliphatic carbocycles. The molecule has 0 saturated heterocycles. The van der Waals surface area contributed by atoms with E-state index in [4.69, 9.17) is 27.9 Å². The fourth-order valence-corrected chi connectivity index (χ4v) is 3.55. The first kappa shape index (κ1) is 30.5. The molecule has 0 amide bonds. The summed E-state index contributed by atoms with van der Waals surface area (Å²) in [5, 5.41) is -2.94. The standard InChI is InChI=1S/C19H14Cl2F9N3O4/c1-4-37-14(15(35)36-3)33(16-31-12(19(28,29)30)11(21)13(34)32(16)2)9-6-7(17(22,23)24)5-8(10(9)20)18(25,26)27/h5-6,14H,4H2,1-3H3. The first-order chi connectivity index (χ1) is 16.8. The van der Waals surface area contributed by atoms with E-state index >= 15 is 0 Å². The molecule has 2 aromatic rings. The highest BCUT2D eigenvalue weighted by molar-refractivity contribution is 6.34. The minimum absolute atomic E-state index is 0.0144. The molecule has 0 aliphatic heterocycles. The van der Waals surface area contributed by atoms with Crippen molar-refractivity contribution in [2.24, 2.45) is 7.05 Å². The predicted molar refractivity (Wildman–Crippen MR) is 111 cm³/mol. The largest absolute Gasteiger partial charge is 0.466 e. The molecule has 0 spiro atoms. The number of rotatable bonds is 6. The van der Waals surface area contributed by atoms with Crippen LogP contribution in [0.1, 0.15) is 23.7 Å². The van der Waals surface area contributed by atoms with Crippen LogP contribution in [0.15, 0.2) is 16.9 Å². The van der Waals surface area contributed by atoms with Crippen molar-refractivity contribution < 1.29 is 53.8 Å². The van der Waals surface area contributed by atoms with Gasteiger partial charge >= 0.3 is 24.5 Å². The maximum atomic E-state index is 13.6. The Morgan fingerprint density at radius 2 is 1.59 bits per heavy atom. The van der Waals surface area contributed by atoms with E-state index in [9.17, 15) is 49.1 Å². The molecule has 1 aromatic heterocycles. The fraction of sp³-hybridized carbons (Fsp3) is 0.421. The summed E-state index contributed by atoms with van der Waals surface area (Å²) in [6.07, 6.45) is -18.7. The first-order valence-corrected chi connectivity index (χ1v) is 10.3. The second-order valence-electron chi connectivity index (χ2n) is 6.99. The second kappa shape index (κ2) is 10.6. The van der Waals surface area contributed by atoms with Crippen LogP contribution in [0.3, 0.4) is 0 Å². The third kappa shape index (κ3) is 6.23. The van der Waals surface area contributed by atoms with Gasteiger partial charge in [-0.2, -0.15) is 39.5 Å². The Kier molecular flexibility index (Phi) is 8.71.